The molecule has 1 unspecified atom stereocenters. The van der Waals surface area contributed by atoms with Crippen LogP contribution in [0.4, 0.5) is 8.78 Å². The lowest BCUT2D eigenvalue weighted by molar-refractivity contribution is 0.0983. The van der Waals surface area contributed by atoms with Crippen molar-refractivity contribution >= 4 is 24.2 Å². The van der Waals surface area contributed by atoms with E-state index in [9.17, 15) is 8.78 Å². The number of alkyl halides is 2. The Bertz CT molecular complexity index is 399. The highest BCUT2D eigenvalue weighted by atomic mass is 35.5. The van der Waals surface area contributed by atoms with E-state index >= 15 is 0 Å². The number of aromatic nitrogens is 3. The third-order valence-corrected chi connectivity index (χ3v) is 4.00. The second-order valence-corrected chi connectivity index (χ2v) is 5.36. The van der Waals surface area contributed by atoms with Crippen LogP contribution in [0, 0.1) is 5.92 Å². The molecule has 0 aliphatic heterocycles. The summed E-state index contributed by atoms with van der Waals surface area (Å²) in [6, 6.07) is 0. The van der Waals surface area contributed by atoms with Crippen LogP contribution >= 0.6 is 24.2 Å². The number of thioether (sulfide) groups is 1. The first-order chi connectivity index (χ1) is 8.04. The fraction of sp³-hybridized carbons (Fsp3) is 0.800. The Labute approximate surface area is 115 Å². The molecule has 0 spiro atoms. The Kier molecular flexibility index (Phi) is 5.36. The zero-order chi connectivity index (χ0) is 12.5. The molecule has 1 aromatic heterocycles. The van der Waals surface area contributed by atoms with Gasteiger partial charge in [0.15, 0.2) is 5.16 Å². The SMILES string of the molecule is Cl.Cn1c(CCN)nnc1SCCC1CC1(F)F. The summed E-state index contributed by atoms with van der Waals surface area (Å²) in [7, 11) is 1.87. The summed E-state index contributed by atoms with van der Waals surface area (Å²) >= 11 is 1.48. The van der Waals surface area contributed by atoms with E-state index in [2.05, 4.69) is 10.2 Å². The van der Waals surface area contributed by atoms with Crippen molar-refractivity contribution in [3.8, 4) is 0 Å². The summed E-state index contributed by atoms with van der Waals surface area (Å²) < 4.78 is 27.2. The van der Waals surface area contributed by atoms with E-state index in [0.29, 0.717) is 25.1 Å². The minimum Gasteiger partial charge on any atom is -0.330 e. The first-order valence-electron chi connectivity index (χ1n) is 5.63. The number of halogens is 3. The molecule has 104 valence electrons. The summed E-state index contributed by atoms with van der Waals surface area (Å²) in [5.74, 6) is -1.33. The maximum Gasteiger partial charge on any atom is 0.251 e. The second-order valence-electron chi connectivity index (χ2n) is 4.30. The number of hydrogen-bond donors (Lipinski definition) is 1. The van der Waals surface area contributed by atoms with Gasteiger partial charge in [-0.25, -0.2) is 8.78 Å². The molecule has 1 aliphatic carbocycles. The predicted octanol–water partition coefficient (Wildman–Crippen LogP) is 1.88. The van der Waals surface area contributed by atoms with Gasteiger partial charge in [0.1, 0.15) is 5.82 Å². The van der Waals surface area contributed by atoms with Crippen molar-refractivity contribution in [2.45, 2.75) is 30.3 Å². The van der Waals surface area contributed by atoms with E-state index < -0.39 is 11.8 Å². The Morgan fingerprint density at radius 2 is 2.17 bits per heavy atom. The third kappa shape index (κ3) is 3.55. The van der Waals surface area contributed by atoms with Gasteiger partial charge in [-0.15, -0.1) is 22.6 Å². The molecule has 1 saturated carbocycles. The summed E-state index contributed by atoms with van der Waals surface area (Å²) in [6.07, 6.45) is 1.27. The van der Waals surface area contributed by atoms with Gasteiger partial charge in [0.05, 0.1) is 0 Å². The van der Waals surface area contributed by atoms with Crippen molar-refractivity contribution in [2.75, 3.05) is 12.3 Å². The highest BCUT2D eigenvalue weighted by Crippen LogP contribution is 2.51. The van der Waals surface area contributed by atoms with Crippen LogP contribution in [0.1, 0.15) is 18.7 Å². The lowest BCUT2D eigenvalue weighted by Crippen LogP contribution is -2.08. The van der Waals surface area contributed by atoms with E-state index in [1.807, 2.05) is 11.6 Å². The summed E-state index contributed by atoms with van der Waals surface area (Å²) in [5, 5.41) is 8.81. The molecule has 1 atom stereocenters. The van der Waals surface area contributed by atoms with Gasteiger partial charge in [0, 0.05) is 31.6 Å². The lowest BCUT2D eigenvalue weighted by Gasteiger charge is -2.02. The molecule has 0 saturated heterocycles. The van der Waals surface area contributed by atoms with Crippen LogP contribution < -0.4 is 5.73 Å². The molecule has 1 heterocycles. The van der Waals surface area contributed by atoms with Crippen LogP contribution in [0.2, 0.25) is 0 Å². The molecule has 8 heteroatoms. The number of rotatable bonds is 6. The van der Waals surface area contributed by atoms with Crippen molar-refractivity contribution in [1.82, 2.24) is 14.8 Å². The highest BCUT2D eigenvalue weighted by Gasteiger charge is 2.55. The van der Waals surface area contributed by atoms with E-state index in [4.69, 9.17) is 5.73 Å². The van der Waals surface area contributed by atoms with Crippen molar-refractivity contribution in [3.63, 3.8) is 0 Å². The maximum atomic E-state index is 12.6. The van der Waals surface area contributed by atoms with Crippen LogP contribution in [-0.2, 0) is 13.5 Å². The van der Waals surface area contributed by atoms with Crippen LogP contribution in [0.25, 0.3) is 0 Å². The van der Waals surface area contributed by atoms with Gasteiger partial charge in [0.2, 0.25) is 0 Å². The van der Waals surface area contributed by atoms with Gasteiger partial charge in [-0.2, -0.15) is 0 Å². The number of nitrogens with two attached hydrogens (primary N) is 1. The average Bonchev–Trinajstić information content (AvgIpc) is 2.73. The quantitative estimate of drug-likeness (QED) is 0.815. The Morgan fingerprint density at radius 1 is 1.50 bits per heavy atom. The van der Waals surface area contributed by atoms with Gasteiger partial charge in [-0.05, 0) is 13.0 Å². The summed E-state index contributed by atoms with van der Waals surface area (Å²) in [5.41, 5.74) is 5.45. The second kappa shape index (κ2) is 6.16. The number of hydrogen-bond acceptors (Lipinski definition) is 4. The highest BCUT2D eigenvalue weighted by molar-refractivity contribution is 7.99. The third-order valence-electron chi connectivity index (χ3n) is 2.95. The topological polar surface area (TPSA) is 56.7 Å². The average molecular weight is 299 g/mol. The summed E-state index contributed by atoms with van der Waals surface area (Å²) in [6.45, 7) is 0.533. The predicted molar refractivity (Wildman–Crippen MR) is 69.4 cm³/mol. The summed E-state index contributed by atoms with van der Waals surface area (Å²) in [4.78, 5) is 0. The van der Waals surface area contributed by atoms with Gasteiger partial charge in [-0.1, -0.05) is 11.8 Å². The van der Waals surface area contributed by atoms with Crippen LogP contribution in [0.3, 0.4) is 0 Å². The van der Waals surface area contributed by atoms with E-state index in [1.165, 1.54) is 11.8 Å². The molecule has 0 aromatic carbocycles. The standard InChI is InChI=1S/C10H16F2N4S.ClH/c1-16-8(2-4-13)14-15-9(16)17-5-3-7-6-10(7,11)12;/h7H,2-6,13H2,1H3;1H. The zero-order valence-corrected chi connectivity index (χ0v) is 11.7. The molecule has 18 heavy (non-hydrogen) atoms. The Hall–Kier alpha value is -0.400. The molecule has 1 fully saturated rings. The van der Waals surface area contributed by atoms with Gasteiger partial charge >= 0.3 is 0 Å². The largest absolute Gasteiger partial charge is 0.330 e. The smallest absolute Gasteiger partial charge is 0.251 e. The molecule has 1 aliphatic rings. The van der Waals surface area contributed by atoms with Gasteiger partial charge in [-0.3, -0.25) is 0 Å². The molecule has 2 rings (SSSR count). The van der Waals surface area contributed by atoms with Crippen molar-refractivity contribution in [1.29, 1.82) is 0 Å². The van der Waals surface area contributed by atoms with E-state index in [0.717, 1.165) is 11.0 Å². The van der Waals surface area contributed by atoms with E-state index in [1.54, 1.807) is 0 Å². The maximum absolute atomic E-state index is 12.6. The Balaban J connectivity index is 0.00000162. The lowest BCUT2D eigenvalue weighted by atomic mass is 10.3. The Morgan fingerprint density at radius 3 is 2.72 bits per heavy atom. The molecule has 0 amide bonds. The molecule has 0 radical (unpaired) electrons. The van der Waals surface area contributed by atoms with Gasteiger partial charge < -0.3 is 10.3 Å². The molecule has 4 nitrogen and oxygen atoms in total. The molecule has 2 N–H and O–H groups in total. The minimum absolute atomic E-state index is 0. The molecule has 0 bridgehead atoms. The normalized spacial score (nSPS) is 20.6. The molecule has 1 aromatic rings. The van der Waals surface area contributed by atoms with Gasteiger partial charge in [0.25, 0.3) is 5.92 Å². The van der Waals surface area contributed by atoms with Crippen LogP contribution in [0.15, 0.2) is 5.16 Å². The van der Waals surface area contributed by atoms with Crippen molar-refractivity contribution in [3.05, 3.63) is 5.82 Å². The van der Waals surface area contributed by atoms with Crippen LogP contribution in [0.5, 0.6) is 0 Å². The fourth-order valence-corrected chi connectivity index (χ4v) is 2.68. The monoisotopic (exact) mass is 298 g/mol. The number of nitrogens with zero attached hydrogens (tertiary/aromatic N) is 3. The first kappa shape index (κ1) is 15.7. The zero-order valence-electron chi connectivity index (χ0n) is 10.1. The molecular formula is C10H17ClF2N4S. The first-order valence-corrected chi connectivity index (χ1v) is 6.62. The van der Waals surface area contributed by atoms with E-state index in [-0.39, 0.29) is 18.8 Å². The minimum atomic E-state index is -2.41. The van der Waals surface area contributed by atoms with Crippen LogP contribution in [-0.4, -0.2) is 33.0 Å². The van der Waals surface area contributed by atoms with Crippen molar-refractivity contribution in [2.24, 2.45) is 18.7 Å². The fourth-order valence-electron chi connectivity index (χ4n) is 1.69. The molecular weight excluding hydrogens is 282 g/mol. The van der Waals surface area contributed by atoms with Crippen molar-refractivity contribution < 1.29 is 8.78 Å².